The van der Waals surface area contributed by atoms with Crippen LogP contribution in [0.15, 0.2) is 46.9 Å². The molecule has 3 N–H and O–H groups in total. The van der Waals surface area contributed by atoms with Gasteiger partial charge in [-0.1, -0.05) is 18.2 Å². The van der Waals surface area contributed by atoms with Crippen molar-refractivity contribution in [2.45, 2.75) is 6.92 Å². The highest BCUT2D eigenvalue weighted by Crippen LogP contribution is 2.35. The molecular weight excluding hydrogens is 376 g/mol. The summed E-state index contributed by atoms with van der Waals surface area (Å²) in [6.45, 7) is 1.80. The SMILES string of the molecule is COC(=O)Oc1cccc2oc(/C=C(/C(=O)NN)c3ccc(OC)cc3)c(C)c12. The van der Waals surface area contributed by atoms with Gasteiger partial charge in [0.05, 0.1) is 25.2 Å². The predicted molar refractivity (Wildman–Crippen MR) is 107 cm³/mol. The fraction of sp³-hybridized carbons (Fsp3) is 0.143. The van der Waals surface area contributed by atoms with Crippen molar-refractivity contribution in [2.24, 2.45) is 5.84 Å². The van der Waals surface area contributed by atoms with Crippen molar-refractivity contribution in [1.29, 1.82) is 0 Å². The molecule has 1 amide bonds. The number of rotatable bonds is 5. The minimum atomic E-state index is -0.836. The predicted octanol–water partition coefficient (Wildman–Crippen LogP) is 3.43. The molecule has 1 heterocycles. The third-order valence-corrected chi connectivity index (χ3v) is 4.36. The molecule has 3 aromatic rings. The first-order valence-corrected chi connectivity index (χ1v) is 8.63. The van der Waals surface area contributed by atoms with E-state index in [0.717, 1.165) is 0 Å². The van der Waals surface area contributed by atoms with E-state index in [2.05, 4.69) is 10.2 Å². The van der Waals surface area contributed by atoms with Crippen LogP contribution in [-0.2, 0) is 9.53 Å². The molecule has 0 bridgehead atoms. The Morgan fingerprint density at radius 2 is 1.83 bits per heavy atom. The second kappa shape index (κ2) is 8.49. The summed E-state index contributed by atoms with van der Waals surface area (Å²) in [5.41, 5.74) is 4.26. The zero-order valence-electron chi connectivity index (χ0n) is 16.1. The second-order valence-corrected chi connectivity index (χ2v) is 6.04. The summed E-state index contributed by atoms with van der Waals surface area (Å²) in [6, 6.07) is 12.0. The lowest BCUT2D eigenvalue weighted by atomic mass is 10.0. The van der Waals surface area contributed by atoms with Crippen LogP contribution in [-0.4, -0.2) is 26.3 Å². The van der Waals surface area contributed by atoms with Crippen molar-refractivity contribution >= 4 is 34.7 Å². The number of nitrogens with one attached hydrogen (secondary N) is 1. The van der Waals surface area contributed by atoms with Crippen LogP contribution in [0.3, 0.4) is 0 Å². The molecule has 2 aromatic carbocycles. The van der Waals surface area contributed by atoms with Crippen LogP contribution in [0.1, 0.15) is 16.9 Å². The third-order valence-electron chi connectivity index (χ3n) is 4.36. The molecule has 0 aliphatic carbocycles. The van der Waals surface area contributed by atoms with Crippen molar-refractivity contribution in [1.82, 2.24) is 5.43 Å². The highest BCUT2D eigenvalue weighted by Gasteiger charge is 2.18. The number of methoxy groups -OCH3 is 2. The molecule has 3 rings (SSSR count). The van der Waals surface area contributed by atoms with E-state index in [1.165, 1.54) is 7.11 Å². The van der Waals surface area contributed by atoms with Gasteiger partial charge in [-0.25, -0.2) is 10.6 Å². The molecule has 0 saturated heterocycles. The van der Waals surface area contributed by atoms with Crippen LogP contribution in [0.2, 0.25) is 0 Å². The van der Waals surface area contributed by atoms with E-state index in [0.29, 0.717) is 44.9 Å². The summed E-state index contributed by atoms with van der Waals surface area (Å²) in [5.74, 6) is 6.26. The van der Waals surface area contributed by atoms with Gasteiger partial charge in [0.2, 0.25) is 0 Å². The van der Waals surface area contributed by atoms with Gasteiger partial charge in [0.15, 0.2) is 0 Å². The number of ether oxygens (including phenoxy) is 3. The van der Waals surface area contributed by atoms with Crippen LogP contribution in [0.4, 0.5) is 4.79 Å². The van der Waals surface area contributed by atoms with Gasteiger partial charge in [-0.2, -0.15) is 0 Å². The number of hydrogen-bond donors (Lipinski definition) is 2. The van der Waals surface area contributed by atoms with Crippen LogP contribution in [0.25, 0.3) is 22.6 Å². The maximum Gasteiger partial charge on any atom is 0.513 e. The molecule has 8 heteroatoms. The molecule has 0 saturated carbocycles. The number of amides is 1. The lowest BCUT2D eigenvalue weighted by Crippen LogP contribution is -2.30. The summed E-state index contributed by atoms with van der Waals surface area (Å²) in [6.07, 6.45) is 0.748. The average molecular weight is 396 g/mol. The zero-order chi connectivity index (χ0) is 21.0. The molecule has 29 heavy (non-hydrogen) atoms. The summed E-state index contributed by atoms with van der Waals surface area (Å²) >= 11 is 0. The standard InChI is InChI=1S/C21H20N2O6/c1-12-18(28-16-5-4-6-17(19(12)16)29-21(25)27-3)11-15(20(24)23-22)13-7-9-14(26-2)10-8-13/h4-11H,22H2,1-3H3,(H,23,24)/b15-11+. The fourth-order valence-corrected chi connectivity index (χ4v) is 2.90. The number of fused-ring (bicyclic) bond motifs is 1. The highest BCUT2D eigenvalue weighted by molar-refractivity contribution is 6.24. The summed E-state index contributed by atoms with van der Waals surface area (Å²) < 4.78 is 20.8. The van der Waals surface area contributed by atoms with Gasteiger partial charge in [0, 0.05) is 5.56 Å². The molecule has 1 aromatic heterocycles. The molecule has 0 spiro atoms. The number of nitrogens with two attached hydrogens (primary N) is 1. The van der Waals surface area contributed by atoms with Gasteiger partial charge in [-0.05, 0) is 42.8 Å². The van der Waals surface area contributed by atoms with Gasteiger partial charge in [0.1, 0.15) is 22.8 Å². The zero-order valence-corrected chi connectivity index (χ0v) is 16.1. The van der Waals surface area contributed by atoms with Gasteiger partial charge in [-0.3, -0.25) is 10.2 Å². The first-order valence-electron chi connectivity index (χ1n) is 8.63. The van der Waals surface area contributed by atoms with Crippen molar-refractivity contribution in [3.63, 3.8) is 0 Å². The molecule has 150 valence electrons. The van der Waals surface area contributed by atoms with Gasteiger partial charge in [-0.15, -0.1) is 0 Å². The van der Waals surface area contributed by atoms with Gasteiger partial charge in [0.25, 0.3) is 5.91 Å². The Balaban J connectivity index is 2.12. The minimum absolute atomic E-state index is 0.296. The Kier molecular flexibility index (Phi) is 5.85. The van der Waals surface area contributed by atoms with Crippen LogP contribution in [0.5, 0.6) is 11.5 Å². The number of hydrazine groups is 1. The molecule has 0 radical (unpaired) electrons. The number of benzene rings is 2. The van der Waals surface area contributed by atoms with Crippen molar-refractivity contribution in [3.05, 3.63) is 59.4 Å². The Morgan fingerprint density at radius 1 is 1.10 bits per heavy atom. The van der Waals surface area contributed by atoms with Crippen molar-refractivity contribution in [2.75, 3.05) is 14.2 Å². The maximum absolute atomic E-state index is 12.4. The van der Waals surface area contributed by atoms with Gasteiger partial charge < -0.3 is 18.6 Å². The average Bonchev–Trinajstić information content (AvgIpc) is 3.07. The number of hydrogen-bond acceptors (Lipinski definition) is 7. The highest BCUT2D eigenvalue weighted by atomic mass is 16.7. The molecule has 0 atom stereocenters. The topological polar surface area (TPSA) is 113 Å². The van der Waals surface area contributed by atoms with Crippen LogP contribution >= 0.6 is 0 Å². The smallest absolute Gasteiger partial charge is 0.497 e. The fourth-order valence-electron chi connectivity index (χ4n) is 2.90. The lowest BCUT2D eigenvalue weighted by molar-refractivity contribution is -0.115. The molecular formula is C21H20N2O6. The summed E-state index contributed by atoms with van der Waals surface area (Å²) in [4.78, 5) is 23.9. The first-order chi connectivity index (χ1) is 14.0. The Labute approximate surface area is 166 Å². The maximum atomic E-state index is 12.4. The summed E-state index contributed by atoms with van der Waals surface area (Å²) in [5, 5.41) is 0.603. The number of carbonyl (C=O) groups excluding carboxylic acids is 2. The van der Waals surface area contributed by atoms with E-state index in [1.807, 2.05) is 0 Å². The van der Waals surface area contributed by atoms with E-state index in [9.17, 15) is 9.59 Å². The van der Waals surface area contributed by atoms with Crippen molar-refractivity contribution < 1.29 is 28.2 Å². The molecule has 8 nitrogen and oxygen atoms in total. The quantitative estimate of drug-likeness (QED) is 0.170. The van der Waals surface area contributed by atoms with Crippen molar-refractivity contribution in [3.8, 4) is 11.5 Å². The van der Waals surface area contributed by atoms with E-state index >= 15 is 0 Å². The molecule has 0 fully saturated rings. The van der Waals surface area contributed by atoms with Crippen LogP contribution in [0, 0.1) is 6.92 Å². The number of aryl methyl sites for hydroxylation is 1. The first kappa shape index (κ1) is 20.0. The monoisotopic (exact) mass is 396 g/mol. The van der Waals surface area contributed by atoms with Crippen LogP contribution < -0.4 is 20.7 Å². The largest absolute Gasteiger partial charge is 0.513 e. The Hall–Kier alpha value is -3.78. The molecule has 0 aliphatic rings. The van der Waals surface area contributed by atoms with E-state index in [4.69, 9.17) is 19.7 Å². The number of carbonyl (C=O) groups is 2. The normalized spacial score (nSPS) is 11.2. The van der Waals surface area contributed by atoms with E-state index in [-0.39, 0.29) is 0 Å². The van der Waals surface area contributed by atoms with E-state index in [1.54, 1.807) is 62.6 Å². The second-order valence-electron chi connectivity index (χ2n) is 6.04. The third kappa shape index (κ3) is 4.07. The molecule has 0 aliphatic heterocycles. The Morgan fingerprint density at radius 3 is 2.45 bits per heavy atom. The minimum Gasteiger partial charge on any atom is -0.497 e. The number of furan rings is 1. The lowest BCUT2D eigenvalue weighted by Gasteiger charge is -2.07. The van der Waals surface area contributed by atoms with Gasteiger partial charge >= 0.3 is 6.16 Å². The molecule has 0 unspecified atom stereocenters. The summed E-state index contributed by atoms with van der Waals surface area (Å²) in [7, 11) is 2.79. The van der Waals surface area contributed by atoms with E-state index < -0.39 is 12.1 Å². The Bertz CT molecular complexity index is 1080.